The first-order valence-electron chi connectivity index (χ1n) is 17.9. The monoisotopic (exact) mass is 983 g/mol. The van der Waals surface area contributed by atoms with Crippen LogP contribution in [0.15, 0.2) is 62.6 Å². The molecule has 0 saturated heterocycles. The summed E-state index contributed by atoms with van der Waals surface area (Å²) in [4.78, 5) is 45.7. The molecule has 25 heteroatoms. The Balaban J connectivity index is 0.000000268. The van der Waals surface area contributed by atoms with Gasteiger partial charge in [0.2, 0.25) is 11.8 Å². The number of amides is 2. The molecule has 5 rings (SSSR count). The zero-order chi connectivity index (χ0) is 47.6. The molecule has 0 fully saturated rings. The molecule has 17 nitrogen and oxygen atoms in total. The maximum atomic E-state index is 12.5. The van der Waals surface area contributed by atoms with Crippen LogP contribution in [0.4, 0.5) is 23.9 Å². The van der Waals surface area contributed by atoms with E-state index in [1.165, 1.54) is 57.5 Å². The van der Waals surface area contributed by atoms with Crippen molar-refractivity contribution in [3.8, 4) is 23.2 Å². The molecule has 0 saturated carbocycles. The van der Waals surface area contributed by atoms with Crippen LogP contribution in [0.1, 0.15) is 68.7 Å². The third-order valence-corrected chi connectivity index (χ3v) is 10.2. The van der Waals surface area contributed by atoms with Gasteiger partial charge in [0.25, 0.3) is 10.0 Å². The third-order valence-electron chi connectivity index (χ3n) is 7.56. The largest absolute Gasteiger partial charge is 0.494 e. The van der Waals surface area contributed by atoms with E-state index in [1.54, 1.807) is 10.8 Å². The number of aryl methyl sites for hydroxylation is 2. The van der Waals surface area contributed by atoms with E-state index in [9.17, 15) is 36.0 Å². The fraction of sp³-hybridized carbons (Fsp3) is 0.342. The fourth-order valence-electron chi connectivity index (χ4n) is 4.85. The van der Waals surface area contributed by atoms with Gasteiger partial charge in [-0.1, -0.05) is 85.4 Å². The van der Waals surface area contributed by atoms with Crippen molar-refractivity contribution in [1.29, 1.82) is 0 Å². The number of hydrogen-bond acceptors (Lipinski definition) is 13. The lowest BCUT2D eigenvalue weighted by atomic mass is 9.97. The molecule has 342 valence electrons. The van der Waals surface area contributed by atoms with Crippen molar-refractivity contribution in [3.63, 3.8) is 0 Å². The number of carboxylic acids is 1. The van der Waals surface area contributed by atoms with E-state index < -0.39 is 51.7 Å². The zero-order valence-electron chi connectivity index (χ0n) is 34.5. The average Bonchev–Trinajstić information content (AvgIpc) is 3.57. The Labute approximate surface area is 378 Å². The highest BCUT2D eigenvalue weighted by Gasteiger charge is 2.29. The number of alkyl halides is 3. The van der Waals surface area contributed by atoms with Gasteiger partial charge in [-0.15, -0.1) is 5.10 Å². The zero-order valence-corrected chi connectivity index (χ0v) is 38.4. The Morgan fingerprint density at radius 2 is 1.56 bits per heavy atom. The summed E-state index contributed by atoms with van der Waals surface area (Å²) in [5.74, 6) is -0.973. The van der Waals surface area contributed by atoms with Gasteiger partial charge in [0.05, 0.1) is 51.0 Å². The van der Waals surface area contributed by atoms with E-state index >= 15 is 0 Å². The second kappa shape index (κ2) is 21.8. The fourth-order valence-corrected chi connectivity index (χ4v) is 7.00. The molecule has 0 radical (unpaired) electrons. The number of carbonyl (C=O) groups excluding carboxylic acids is 1. The number of urea groups is 1. The topological polar surface area (TPSA) is 227 Å². The molecule has 3 aromatic carbocycles. The van der Waals surface area contributed by atoms with Crippen molar-refractivity contribution >= 4 is 74.4 Å². The molecule has 2 heterocycles. The Hall–Kier alpha value is -5.35. The second-order valence-electron chi connectivity index (χ2n) is 14.0. The number of nitrogens with one attached hydrogen (secondary N) is 2. The van der Waals surface area contributed by atoms with E-state index in [4.69, 9.17) is 70.1 Å². The summed E-state index contributed by atoms with van der Waals surface area (Å²) in [5.41, 5.74) is -0.207. The molecular formula is C38H40Cl4F3N7O10S. The van der Waals surface area contributed by atoms with Crippen LogP contribution in [0.5, 0.6) is 17.5 Å². The van der Waals surface area contributed by atoms with Gasteiger partial charge in [-0.3, -0.25) is 5.32 Å². The lowest BCUT2D eigenvalue weighted by Gasteiger charge is -2.13. The first kappa shape index (κ1) is 52.0. The Morgan fingerprint density at radius 3 is 2.10 bits per heavy atom. The van der Waals surface area contributed by atoms with Crippen LogP contribution in [-0.2, 0) is 21.9 Å². The second-order valence-corrected chi connectivity index (χ2v) is 17.2. The van der Waals surface area contributed by atoms with Crippen LogP contribution >= 0.6 is 46.4 Å². The smallest absolute Gasteiger partial charge is 0.442 e. The molecule has 3 N–H and O–H groups in total. The van der Waals surface area contributed by atoms with Crippen LogP contribution in [0.3, 0.4) is 0 Å². The number of anilines is 1. The van der Waals surface area contributed by atoms with Crippen molar-refractivity contribution < 1.29 is 54.9 Å². The first-order valence-corrected chi connectivity index (χ1v) is 20.9. The van der Waals surface area contributed by atoms with Gasteiger partial charge in [-0.25, -0.2) is 27.5 Å². The van der Waals surface area contributed by atoms with Crippen molar-refractivity contribution in [1.82, 2.24) is 29.5 Å². The minimum absolute atomic E-state index is 0.0642. The summed E-state index contributed by atoms with van der Waals surface area (Å²) in [5, 5.41) is 16.1. The molecular weight excluding hydrogens is 945 g/mol. The van der Waals surface area contributed by atoms with Gasteiger partial charge >= 0.3 is 29.9 Å². The van der Waals surface area contributed by atoms with Crippen molar-refractivity contribution in [3.05, 3.63) is 102 Å². The summed E-state index contributed by atoms with van der Waals surface area (Å²) in [6, 6.07) is 9.81. The van der Waals surface area contributed by atoms with Gasteiger partial charge < -0.3 is 23.7 Å². The number of sulfonamides is 1. The Morgan fingerprint density at radius 1 is 0.921 bits per heavy atom. The summed E-state index contributed by atoms with van der Waals surface area (Å²) in [6.45, 7) is 11.0. The van der Waals surface area contributed by atoms with E-state index in [1.807, 2.05) is 34.6 Å². The van der Waals surface area contributed by atoms with E-state index in [0.717, 1.165) is 10.7 Å². The highest BCUT2D eigenvalue weighted by atomic mass is 35.5. The number of ether oxygens (including phenoxy) is 3. The number of carboxylic acid groups (broad SMARTS) is 1. The van der Waals surface area contributed by atoms with Crippen LogP contribution in [0.25, 0.3) is 5.69 Å². The highest BCUT2D eigenvalue weighted by molar-refractivity contribution is 7.90. The first-order chi connectivity index (χ1) is 29.2. The number of methoxy groups -OCH3 is 2. The maximum Gasteiger partial charge on any atom is 0.442 e. The van der Waals surface area contributed by atoms with Crippen LogP contribution in [0, 0.1) is 6.92 Å². The summed E-state index contributed by atoms with van der Waals surface area (Å²) >= 11 is 23.7. The number of aromatic nitrogens is 5. The van der Waals surface area contributed by atoms with Gasteiger partial charge in [0.15, 0.2) is 5.75 Å². The number of carbonyl (C=O) groups is 2. The van der Waals surface area contributed by atoms with Gasteiger partial charge in [0.1, 0.15) is 17.1 Å². The molecule has 0 aliphatic rings. The van der Waals surface area contributed by atoms with Crippen molar-refractivity contribution in [2.75, 3.05) is 19.5 Å². The minimum Gasteiger partial charge on any atom is -0.494 e. The molecule has 0 aliphatic carbocycles. The van der Waals surface area contributed by atoms with Crippen LogP contribution in [0.2, 0.25) is 20.1 Å². The Kier molecular flexibility index (Phi) is 18.0. The summed E-state index contributed by atoms with van der Waals surface area (Å²) < 4.78 is 85.5. The van der Waals surface area contributed by atoms with Crippen molar-refractivity contribution in [2.45, 2.75) is 77.0 Å². The highest BCUT2D eigenvalue weighted by Crippen LogP contribution is 2.35. The SMILES string of the molecule is CC(C)Oc1cc(-n2nc(C(C)(C)C)oc2=O)c(Cl)cc1Cl.COc1c(Cl)ccc(Cl)c1C(=O)O.COc1nc(C)nc(NC(=O)NS(=O)(=O)c2ccccc2CCC(F)(F)F)n1. The number of nitrogens with zero attached hydrogens (tertiary/aromatic N) is 5. The Bertz CT molecular complexity index is 2610. The van der Waals surface area contributed by atoms with Crippen molar-refractivity contribution in [2.24, 2.45) is 0 Å². The van der Waals surface area contributed by atoms with Gasteiger partial charge in [0, 0.05) is 17.9 Å². The number of aromatic carboxylic acids is 1. The number of halogens is 7. The molecule has 0 bridgehead atoms. The number of benzene rings is 3. The lowest BCUT2D eigenvalue weighted by Crippen LogP contribution is -2.35. The standard InChI is InChI=1S/C15H18Cl2N2O3.C15H16F3N5O4S.C8H6Cl2O3/c1-8(2)21-12-7-11(9(16)6-10(12)17)19-14(20)22-13(18-19)15(3,4)5;1-9-19-12(22-14(20-9)27-2)21-13(24)23-28(25,26)11-6-4-3-5-10(11)7-8-15(16,17)18;1-13-7-5(10)3-2-4(9)6(7)8(11)12/h6-8H,1-5H3;3-6H,7-8H2,1-2H3,(H2,19,20,21,22,23,24);2-3H,1H3,(H,11,12). The molecule has 5 aromatic rings. The predicted octanol–water partition coefficient (Wildman–Crippen LogP) is 9.11. The lowest BCUT2D eigenvalue weighted by molar-refractivity contribution is -0.134. The van der Waals surface area contributed by atoms with Gasteiger partial charge in [-0.05, 0) is 57.0 Å². The van der Waals surface area contributed by atoms with E-state index in [2.05, 4.69) is 25.4 Å². The minimum atomic E-state index is -4.45. The summed E-state index contributed by atoms with van der Waals surface area (Å²) in [6.07, 6.45) is -6.26. The normalized spacial score (nSPS) is 11.4. The molecule has 2 amide bonds. The third kappa shape index (κ3) is 15.2. The molecule has 0 atom stereocenters. The predicted molar refractivity (Wildman–Crippen MR) is 228 cm³/mol. The number of rotatable bonds is 11. The molecule has 2 aromatic heterocycles. The molecule has 0 spiro atoms. The molecule has 0 unspecified atom stereocenters. The van der Waals surface area contributed by atoms with Crippen LogP contribution < -0.4 is 30.0 Å². The van der Waals surface area contributed by atoms with Gasteiger partial charge in [-0.2, -0.15) is 32.8 Å². The maximum absolute atomic E-state index is 12.5. The van der Waals surface area contributed by atoms with E-state index in [-0.39, 0.29) is 61.2 Å². The quantitative estimate of drug-likeness (QED) is 0.112. The molecule has 63 heavy (non-hydrogen) atoms. The average molecular weight is 986 g/mol. The number of hydrogen-bond donors (Lipinski definition) is 3. The molecule has 0 aliphatic heterocycles. The summed E-state index contributed by atoms with van der Waals surface area (Å²) in [7, 11) is -1.81. The van der Waals surface area contributed by atoms with E-state index in [0.29, 0.717) is 22.4 Å². The van der Waals surface area contributed by atoms with Crippen LogP contribution in [-0.4, -0.2) is 76.8 Å².